The maximum atomic E-state index is 11.6. The number of carbonyl (C=O) groups excluding carboxylic acids is 2. The summed E-state index contributed by atoms with van der Waals surface area (Å²) in [6.45, 7) is 3.66. The molecule has 1 aromatic rings. The van der Waals surface area contributed by atoms with Gasteiger partial charge in [-0.05, 0) is 6.42 Å². The molecule has 0 aliphatic carbocycles. The molecule has 0 aliphatic heterocycles. The van der Waals surface area contributed by atoms with Gasteiger partial charge in [0.05, 0.1) is 5.92 Å². The van der Waals surface area contributed by atoms with Crippen LogP contribution in [0.4, 0.5) is 5.13 Å². The van der Waals surface area contributed by atoms with Crippen LogP contribution in [0.1, 0.15) is 30.8 Å². The molecule has 1 amide bonds. The van der Waals surface area contributed by atoms with E-state index in [2.05, 4.69) is 10.3 Å². The summed E-state index contributed by atoms with van der Waals surface area (Å²) < 4.78 is 0. The van der Waals surface area contributed by atoms with Crippen molar-refractivity contribution < 1.29 is 9.59 Å². The summed E-state index contributed by atoms with van der Waals surface area (Å²) >= 11 is 1.24. The van der Waals surface area contributed by atoms with Crippen molar-refractivity contribution in [2.75, 3.05) is 11.9 Å². The van der Waals surface area contributed by atoms with Crippen LogP contribution >= 0.6 is 11.3 Å². The number of thiazole rings is 1. The maximum Gasteiger partial charge on any atom is 0.230 e. The number of hydrogen-bond acceptors (Lipinski definition) is 5. The first kappa shape index (κ1) is 12.8. The Kier molecular flexibility index (Phi) is 4.57. The largest absolute Gasteiger partial charge is 0.330 e. The Bertz CT molecular complexity index is 385. The highest BCUT2D eigenvalue weighted by Crippen LogP contribution is 2.17. The first-order valence-electron chi connectivity index (χ1n) is 5.05. The Morgan fingerprint density at radius 1 is 1.62 bits per heavy atom. The predicted octanol–water partition coefficient (Wildman–Crippen LogP) is 1.27. The zero-order chi connectivity index (χ0) is 12.1. The molecule has 0 spiro atoms. The Balaban J connectivity index is 2.65. The van der Waals surface area contributed by atoms with E-state index in [4.69, 9.17) is 5.73 Å². The molecule has 1 atom stereocenters. The van der Waals surface area contributed by atoms with Gasteiger partial charge in [0.15, 0.2) is 10.9 Å². The second-order valence-corrected chi connectivity index (χ2v) is 4.28. The van der Waals surface area contributed by atoms with Crippen molar-refractivity contribution in [3.63, 3.8) is 0 Å². The van der Waals surface area contributed by atoms with E-state index in [1.54, 1.807) is 5.38 Å². The number of nitrogens with one attached hydrogen (secondary N) is 1. The number of amides is 1. The zero-order valence-corrected chi connectivity index (χ0v) is 10.1. The first-order valence-corrected chi connectivity index (χ1v) is 5.93. The minimum atomic E-state index is -0.204. The number of carbonyl (C=O) groups is 2. The molecule has 0 saturated carbocycles. The van der Waals surface area contributed by atoms with Crippen molar-refractivity contribution in [3.05, 3.63) is 11.1 Å². The van der Waals surface area contributed by atoms with Crippen LogP contribution in [0.15, 0.2) is 5.38 Å². The van der Waals surface area contributed by atoms with Gasteiger partial charge in [-0.15, -0.1) is 11.3 Å². The number of rotatable bonds is 5. The summed E-state index contributed by atoms with van der Waals surface area (Å²) in [5.41, 5.74) is 5.84. The van der Waals surface area contributed by atoms with E-state index in [0.29, 0.717) is 23.8 Å². The van der Waals surface area contributed by atoms with E-state index in [0.717, 1.165) is 0 Å². The molecule has 0 radical (unpaired) electrons. The van der Waals surface area contributed by atoms with E-state index in [1.165, 1.54) is 18.3 Å². The fraction of sp³-hybridized carbons (Fsp3) is 0.500. The number of Topliss-reactive ketones (excluding diaryl/α,β-unsaturated/α-hetero) is 1. The van der Waals surface area contributed by atoms with Crippen LogP contribution in [-0.4, -0.2) is 23.2 Å². The van der Waals surface area contributed by atoms with Gasteiger partial charge in [0.25, 0.3) is 0 Å². The van der Waals surface area contributed by atoms with Crippen molar-refractivity contribution in [2.24, 2.45) is 11.7 Å². The molecule has 16 heavy (non-hydrogen) atoms. The number of hydrogen-bond donors (Lipinski definition) is 2. The molecule has 1 aromatic heterocycles. The van der Waals surface area contributed by atoms with Crippen LogP contribution in [0.2, 0.25) is 0 Å². The van der Waals surface area contributed by atoms with Gasteiger partial charge in [-0.2, -0.15) is 0 Å². The Morgan fingerprint density at radius 3 is 2.75 bits per heavy atom. The summed E-state index contributed by atoms with van der Waals surface area (Å²) in [7, 11) is 0. The predicted molar refractivity (Wildman–Crippen MR) is 63.6 cm³/mol. The van der Waals surface area contributed by atoms with Crippen LogP contribution in [0, 0.1) is 5.92 Å². The quantitative estimate of drug-likeness (QED) is 0.760. The van der Waals surface area contributed by atoms with E-state index in [9.17, 15) is 9.59 Å². The maximum absolute atomic E-state index is 11.6. The summed E-state index contributed by atoms with van der Waals surface area (Å²) in [6.07, 6.45) is 0.688. The van der Waals surface area contributed by atoms with Crippen LogP contribution in [-0.2, 0) is 4.79 Å². The average molecular weight is 241 g/mol. The lowest BCUT2D eigenvalue weighted by atomic mass is 10.1. The SMILES string of the molecule is CCC(CN)C(=O)Nc1nc(C(C)=O)cs1. The molecule has 0 bridgehead atoms. The van der Waals surface area contributed by atoms with Crippen molar-refractivity contribution in [1.82, 2.24) is 4.98 Å². The van der Waals surface area contributed by atoms with E-state index in [-0.39, 0.29) is 17.6 Å². The molecule has 0 aliphatic rings. The minimum absolute atomic E-state index is 0.109. The third kappa shape index (κ3) is 3.11. The van der Waals surface area contributed by atoms with E-state index >= 15 is 0 Å². The fourth-order valence-electron chi connectivity index (χ4n) is 1.16. The fourth-order valence-corrected chi connectivity index (χ4v) is 1.91. The van der Waals surface area contributed by atoms with Crippen molar-refractivity contribution in [2.45, 2.75) is 20.3 Å². The molecule has 1 heterocycles. The van der Waals surface area contributed by atoms with Gasteiger partial charge in [-0.25, -0.2) is 4.98 Å². The monoisotopic (exact) mass is 241 g/mol. The molecule has 0 saturated heterocycles. The summed E-state index contributed by atoms with van der Waals surface area (Å²) in [6, 6.07) is 0. The van der Waals surface area contributed by atoms with Crippen LogP contribution in [0.25, 0.3) is 0 Å². The van der Waals surface area contributed by atoms with Gasteiger partial charge in [0.1, 0.15) is 5.69 Å². The molecular formula is C10H15N3O2S. The third-order valence-electron chi connectivity index (χ3n) is 2.24. The van der Waals surface area contributed by atoms with Crippen molar-refractivity contribution in [3.8, 4) is 0 Å². The van der Waals surface area contributed by atoms with Gasteiger partial charge < -0.3 is 11.1 Å². The molecule has 1 unspecified atom stereocenters. The lowest BCUT2D eigenvalue weighted by Gasteiger charge is -2.10. The molecule has 1 rings (SSSR count). The average Bonchev–Trinajstić information content (AvgIpc) is 2.68. The number of aromatic nitrogens is 1. The summed E-state index contributed by atoms with van der Waals surface area (Å²) in [5.74, 6) is -0.457. The van der Waals surface area contributed by atoms with Crippen LogP contribution in [0.5, 0.6) is 0 Å². The minimum Gasteiger partial charge on any atom is -0.330 e. The van der Waals surface area contributed by atoms with Gasteiger partial charge >= 0.3 is 0 Å². The summed E-state index contributed by atoms with van der Waals surface area (Å²) in [4.78, 5) is 26.6. The lowest BCUT2D eigenvalue weighted by molar-refractivity contribution is -0.119. The highest BCUT2D eigenvalue weighted by Gasteiger charge is 2.16. The molecule has 0 aromatic carbocycles. The number of anilines is 1. The molecular weight excluding hydrogens is 226 g/mol. The van der Waals surface area contributed by atoms with Gasteiger partial charge in [0, 0.05) is 18.8 Å². The highest BCUT2D eigenvalue weighted by atomic mass is 32.1. The smallest absolute Gasteiger partial charge is 0.230 e. The number of nitrogens with two attached hydrogens (primary N) is 1. The zero-order valence-electron chi connectivity index (χ0n) is 9.32. The van der Waals surface area contributed by atoms with E-state index in [1.807, 2.05) is 6.92 Å². The molecule has 5 nitrogen and oxygen atoms in total. The molecule has 6 heteroatoms. The van der Waals surface area contributed by atoms with Crippen molar-refractivity contribution >= 4 is 28.2 Å². The van der Waals surface area contributed by atoms with Crippen LogP contribution < -0.4 is 11.1 Å². The normalized spacial score (nSPS) is 12.2. The number of ketones is 1. The highest BCUT2D eigenvalue weighted by molar-refractivity contribution is 7.14. The Labute approximate surface area is 98.1 Å². The van der Waals surface area contributed by atoms with E-state index < -0.39 is 0 Å². The lowest BCUT2D eigenvalue weighted by Crippen LogP contribution is -2.28. The Hall–Kier alpha value is -1.27. The molecule has 0 fully saturated rings. The van der Waals surface area contributed by atoms with Crippen molar-refractivity contribution in [1.29, 1.82) is 0 Å². The third-order valence-corrected chi connectivity index (χ3v) is 3.00. The second-order valence-electron chi connectivity index (χ2n) is 3.42. The van der Waals surface area contributed by atoms with Gasteiger partial charge in [-0.1, -0.05) is 6.92 Å². The second kappa shape index (κ2) is 5.72. The number of nitrogens with zero attached hydrogens (tertiary/aromatic N) is 1. The first-order chi connectivity index (χ1) is 7.58. The topological polar surface area (TPSA) is 85.1 Å². The van der Waals surface area contributed by atoms with Gasteiger partial charge in [-0.3, -0.25) is 9.59 Å². The standard InChI is InChI=1S/C10H15N3O2S/c1-3-7(4-11)9(15)13-10-12-8(5-16-10)6(2)14/h5,7H,3-4,11H2,1-2H3,(H,12,13,15). The molecule has 3 N–H and O–H groups in total. The molecule has 88 valence electrons. The van der Waals surface area contributed by atoms with Gasteiger partial charge in [0.2, 0.25) is 5.91 Å². The van der Waals surface area contributed by atoms with Crippen LogP contribution in [0.3, 0.4) is 0 Å². The Morgan fingerprint density at radius 2 is 2.31 bits per heavy atom. The summed E-state index contributed by atoms with van der Waals surface area (Å²) in [5, 5.41) is 4.73.